The van der Waals surface area contributed by atoms with Gasteiger partial charge in [-0.1, -0.05) is 32.8 Å². The molecule has 112 valence electrons. The van der Waals surface area contributed by atoms with Crippen molar-refractivity contribution in [1.82, 2.24) is 0 Å². The lowest BCUT2D eigenvalue weighted by Gasteiger charge is -2.21. The lowest BCUT2D eigenvalue weighted by molar-refractivity contribution is 0.341. The van der Waals surface area contributed by atoms with E-state index in [1.807, 2.05) is 0 Å². The minimum absolute atomic E-state index is 0.592. The van der Waals surface area contributed by atoms with E-state index in [4.69, 9.17) is 4.74 Å². The first kappa shape index (κ1) is 15.2. The number of hydrogen-bond acceptors (Lipinski definition) is 2. The van der Waals surface area contributed by atoms with E-state index in [1.165, 1.54) is 37.7 Å². The Morgan fingerprint density at radius 2 is 1.95 bits per heavy atom. The Balaban J connectivity index is 2.01. The van der Waals surface area contributed by atoms with Gasteiger partial charge in [0.05, 0.1) is 12.8 Å². The summed E-state index contributed by atoms with van der Waals surface area (Å²) in [5.41, 5.74) is 2.43. The van der Waals surface area contributed by atoms with Gasteiger partial charge >= 0.3 is 0 Å². The van der Waals surface area contributed by atoms with Crippen molar-refractivity contribution in [3.8, 4) is 5.75 Å². The highest BCUT2D eigenvalue weighted by atomic mass is 16.5. The van der Waals surface area contributed by atoms with Crippen LogP contribution in [0.4, 0.5) is 5.69 Å². The molecular weight excluding hydrogens is 246 g/mol. The molecule has 1 fully saturated rings. The fourth-order valence-electron chi connectivity index (χ4n) is 3.30. The minimum atomic E-state index is 0.592. The molecule has 0 aromatic heterocycles. The average molecular weight is 275 g/mol. The van der Waals surface area contributed by atoms with Crippen LogP contribution in [-0.4, -0.2) is 13.2 Å². The molecule has 2 unspecified atom stereocenters. The second-order valence-electron chi connectivity index (χ2n) is 6.56. The Morgan fingerprint density at radius 3 is 2.65 bits per heavy atom. The van der Waals surface area contributed by atoms with Gasteiger partial charge in [0.2, 0.25) is 0 Å². The third kappa shape index (κ3) is 3.91. The Bertz CT molecular complexity index is 427. The van der Waals surface area contributed by atoms with E-state index in [0.29, 0.717) is 6.04 Å². The van der Waals surface area contributed by atoms with Gasteiger partial charge in [-0.05, 0) is 55.7 Å². The number of aryl methyl sites for hydroxylation is 1. The molecule has 0 bridgehead atoms. The van der Waals surface area contributed by atoms with Crippen molar-refractivity contribution >= 4 is 5.69 Å². The SMILES string of the molecule is COc1ccc(C)cc1NC1CCCC(C(C)C)CC1. The van der Waals surface area contributed by atoms with Crippen molar-refractivity contribution in [3.05, 3.63) is 23.8 Å². The zero-order valence-electron chi connectivity index (χ0n) is 13.4. The van der Waals surface area contributed by atoms with Crippen LogP contribution in [0.2, 0.25) is 0 Å². The normalized spacial score (nSPS) is 23.4. The lowest BCUT2D eigenvalue weighted by Crippen LogP contribution is -2.19. The summed E-state index contributed by atoms with van der Waals surface area (Å²) in [6, 6.07) is 6.95. The maximum Gasteiger partial charge on any atom is 0.141 e. The van der Waals surface area contributed by atoms with Crippen LogP contribution in [0.1, 0.15) is 51.5 Å². The van der Waals surface area contributed by atoms with E-state index in [9.17, 15) is 0 Å². The van der Waals surface area contributed by atoms with Gasteiger partial charge < -0.3 is 10.1 Å². The highest BCUT2D eigenvalue weighted by Crippen LogP contribution is 2.32. The molecule has 0 aliphatic heterocycles. The van der Waals surface area contributed by atoms with Crippen LogP contribution < -0.4 is 10.1 Å². The van der Waals surface area contributed by atoms with Gasteiger partial charge in [-0.15, -0.1) is 0 Å². The molecule has 2 atom stereocenters. The first-order valence-corrected chi connectivity index (χ1v) is 8.01. The third-order valence-electron chi connectivity index (χ3n) is 4.67. The van der Waals surface area contributed by atoms with E-state index < -0.39 is 0 Å². The largest absolute Gasteiger partial charge is 0.495 e. The average Bonchev–Trinajstić information content (AvgIpc) is 2.65. The number of ether oxygens (including phenoxy) is 1. The van der Waals surface area contributed by atoms with E-state index in [-0.39, 0.29) is 0 Å². The summed E-state index contributed by atoms with van der Waals surface area (Å²) in [6.07, 6.45) is 6.64. The van der Waals surface area contributed by atoms with E-state index in [2.05, 4.69) is 44.3 Å². The summed E-state index contributed by atoms with van der Waals surface area (Å²) in [5.74, 6) is 2.68. The second kappa shape index (κ2) is 7.01. The summed E-state index contributed by atoms with van der Waals surface area (Å²) in [4.78, 5) is 0. The van der Waals surface area contributed by atoms with Gasteiger partial charge in [0.1, 0.15) is 5.75 Å². The molecule has 1 aromatic rings. The number of rotatable bonds is 4. The molecule has 2 heteroatoms. The molecule has 0 heterocycles. The molecule has 0 radical (unpaired) electrons. The molecule has 1 N–H and O–H groups in total. The summed E-state index contributed by atoms with van der Waals surface area (Å²) >= 11 is 0. The molecule has 0 saturated heterocycles. The summed E-state index contributed by atoms with van der Waals surface area (Å²) < 4.78 is 5.47. The first-order valence-electron chi connectivity index (χ1n) is 8.01. The molecule has 2 nitrogen and oxygen atoms in total. The lowest BCUT2D eigenvalue weighted by atomic mass is 9.89. The van der Waals surface area contributed by atoms with Gasteiger partial charge in [0.25, 0.3) is 0 Å². The molecular formula is C18H29NO. The van der Waals surface area contributed by atoms with Crippen molar-refractivity contribution in [1.29, 1.82) is 0 Å². The van der Waals surface area contributed by atoms with Crippen LogP contribution in [0.15, 0.2) is 18.2 Å². The smallest absolute Gasteiger partial charge is 0.141 e. The molecule has 1 aliphatic rings. The zero-order valence-corrected chi connectivity index (χ0v) is 13.4. The van der Waals surface area contributed by atoms with Gasteiger partial charge in [0.15, 0.2) is 0 Å². The highest BCUT2D eigenvalue weighted by molar-refractivity contribution is 5.58. The fraction of sp³-hybridized carbons (Fsp3) is 0.667. The van der Waals surface area contributed by atoms with Crippen LogP contribution in [0.3, 0.4) is 0 Å². The zero-order chi connectivity index (χ0) is 14.5. The Kier molecular flexibility index (Phi) is 5.33. The molecule has 0 amide bonds. The number of benzene rings is 1. The van der Waals surface area contributed by atoms with Crippen LogP contribution in [0.5, 0.6) is 5.75 Å². The van der Waals surface area contributed by atoms with Crippen molar-refractivity contribution in [2.45, 2.75) is 58.9 Å². The maximum atomic E-state index is 5.47. The maximum absolute atomic E-state index is 5.47. The topological polar surface area (TPSA) is 21.3 Å². The van der Waals surface area contributed by atoms with Crippen molar-refractivity contribution in [2.24, 2.45) is 11.8 Å². The number of nitrogens with one attached hydrogen (secondary N) is 1. The first-order chi connectivity index (χ1) is 9.60. The Labute approximate surface area is 123 Å². The van der Waals surface area contributed by atoms with Crippen LogP contribution >= 0.6 is 0 Å². The van der Waals surface area contributed by atoms with E-state index in [1.54, 1.807) is 7.11 Å². The number of hydrogen-bond donors (Lipinski definition) is 1. The quantitative estimate of drug-likeness (QED) is 0.779. The molecule has 2 rings (SSSR count). The predicted octanol–water partition coefficient (Wildman–Crippen LogP) is 5.02. The molecule has 0 spiro atoms. The van der Waals surface area contributed by atoms with Gasteiger partial charge in [0, 0.05) is 6.04 Å². The van der Waals surface area contributed by atoms with Crippen LogP contribution in [0, 0.1) is 18.8 Å². The van der Waals surface area contributed by atoms with Crippen LogP contribution in [-0.2, 0) is 0 Å². The van der Waals surface area contributed by atoms with Crippen molar-refractivity contribution in [2.75, 3.05) is 12.4 Å². The second-order valence-corrected chi connectivity index (χ2v) is 6.56. The van der Waals surface area contributed by atoms with Gasteiger partial charge in [-0.2, -0.15) is 0 Å². The van der Waals surface area contributed by atoms with Crippen molar-refractivity contribution < 1.29 is 4.74 Å². The fourth-order valence-corrected chi connectivity index (χ4v) is 3.30. The summed E-state index contributed by atoms with van der Waals surface area (Å²) in [7, 11) is 1.75. The monoisotopic (exact) mass is 275 g/mol. The Hall–Kier alpha value is -1.18. The third-order valence-corrected chi connectivity index (χ3v) is 4.67. The molecule has 1 aromatic carbocycles. The molecule has 20 heavy (non-hydrogen) atoms. The van der Waals surface area contributed by atoms with Crippen LogP contribution in [0.25, 0.3) is 0 Å². The van der Waals surface area contributed by atoms with E-state index in [0.717, 1.165) is 23.3 Å². The van der Waals surface area contributed by atoms with Gasteiger partial charge in [-0.25, -0.2) is 0 Å². The number of methoxy groups -OCH3 is 1. The van der Waals surface area contributed by atoms with Crippen molar-refractivity contribution in [3.63, 3.8) is 0 Å². The molecule has 1 saturated carbocycles. The summed E-state index contributed by atoms with van der Waals surface area (Å²) in [6.45, 7) is 6.86. The van der Waals surface area contributed by atoms with Gasteiger partial charge in [-0.3, -0.25) is 0 Å². The molecule has 1 aliphatic carbocycles. The Morgan fingerprint density at radius 1 is 1.15 bits per heavy atom. The number of anilines is 1. The summed E-state index contributed by atoms with van der Waals surface area (Å²) in [5, 5.41) is 3.72. The standard InChI is InChI=1S/C18H29NO/c1-13(2)15-6-5-7-16(10-9-15)19-17-12-14(3)8-11-18(17)20-4/h8,11-13,15-16,19H,5-7,9-10H2,1-4H3. The highest BCUT2D eigenvalue weighted by Gasteiger charge is 2.21. The van der Waals surface area contributed by atoms with E-state index >= 15 is 0 Å². The predicted molar refractivity (Wildman–Crippen MR) is 86.6 cm³/mol. The minimum Gasteiger partial charge on any atom is -0.495 e.